The van der Waals surface area contributed by atoms with E-state index in [0.29, 0.717) is 5.75 Å². The number of methoxy groups -OCH3 is 1. The number of hydrogen-bond donors (Lipinski definition) is 0. The Morgan fingerprint density at radius 1 is 0.926 bits per heavy atom. The summed E-state index contributed by atoms with van der Waals surface area (Å²) in [6.07, 6.45) is 16.5. The molecule has 0 aliphatic heterocycles. The van der Waals surface area contributed by atoms with Gasteiger partial charge in [0.05, 0.1) is 7.11 Å². The van der Waals surface area contributed by atoms with E-state index in [1.165, 1.54) is 75.3 Å². The summed E-state index contributed by atoms with van der Waals surface area (Å²) in [6, 6.07) is 3.69. The van der Waals surface area contributed by atoms with Crippen LogP contribution >= 0.6 is 0 Å². The third-order valence-electron chi connectivity index (χ3n) is 8.14. The molecule has 1 aromatic carbocycles. The number of benzene rings is 1. The molecule has 2 saturated carbocycles. The monoisotopic (exact) mass is 372 g/mol. The molecule has 150 valence electrons. The fraction of sp³-hybridized carbons (Fsp3) is 0.760. The Labute approximate surface area is 165 Å². The summed E-state index contributed by atoms with van der Waals surface area (Å²) in [5.41, 5.74) is 2.56. The van der Waals surface area contributed by atoms with E-state index in [9.17, 15) is 4.39 Å². The van der Waals surface area contributed by atoms with Gasteiger partial charge in [0, 0.05) is 0 Å². The number of aryl methyl sites for hydroxylation is 1. The van der Waals surface area contributed by atoms with Crippen LogP contribution in [-0.2, 0) is 12.8 Å². The lowest BCUT2D eigenvalue weighted by molar-refractivity contribution is 0.0691. The summed E-state index contributed by atoms with van der Waals surface area (Å²) in [5.74, 6) is 4.87. The Morgan fingerprint density at radius 3 is 2.44 bits per heavy atom. The molecule has 27 heavy (non-hydrogen) atoms. The van der Waals surface area contributed by atoms with Gasteiger partial charge in [0.2, 0.25) is 0 Å². The van der Waals surface area contributed by atoms with Crippen molar-refractivity contribution >= 4 is 0 Å². The fourth-order valence-corrected chi connectivity index (χ4v) is 6.55. The van der Waals surface area contributed by atoms with Crippen molar-refractivity contribution in [1.82, 2.24) is 0 Å². The van der Waals surface area contributed by atoms with E-state index in [0.717, 1.165) is 42.4 Å². The van der Waals surface area contributed by atoms with Crippen molar-refractivity contribution in [3.8, 4) is 5.75 Å². The van der Waals surface area contributed by atoms with Gasteiger partial charge in [-0.05, 0) is 104 Å². The van der Waals surface area contributed by atoms with Crippen molar-refractivity contribution in [3.05, 3.63) is 29.1 Å². The second-order valence-electron chi connectivity index (χ2n) is 9.67. The van der Waals surface area contributed by atoms with E-state index in [-0.39, 0.29) is 5.82 Å². The van der Waals surface area contributed by atoms with Gasteiger partial charge in [-0.15, -0.1) is 0 Å². The molecular formula is C25H37FO. The minimum absolute atomic E-state index is 0.189. The molecule has 0 N–H and O–H groups in total. The van der Waals surface area contributed by atoms with Crippen LogP contribution in [0.5, 0.6) is 5.75 Å². The van der Waals surface area contributed by atoms with Gasteiger partial charge in [0.1, 0.15) is 0 Å². The molecule has 0 radical (unpaired) electrons. The number of halogens is 1. The highest BCUT2D eigenvalue weighted by atomic mass is 19.1. The van der Waals surface area contributed by atoms with Gasteiger partial charge in [-0.3, -0.25) is 0 Å². The highest BCUT2D eigenvalue weighted by Gasteiger charge is 2.38. The van der Waals surface area contributed by atoms with Crippen LogP contribution in [0.2, 0.25) is 0 Å². The molecule has 5 atom stereocenters. The van der Waals surface area contributed by atoms with Crippen molar-refractivity contribution < 1.29 is 9.13 Å². The molecule has 1 nitrogen and oxygen atoms in total. The minimum atomic E-state index is -0.189. The molecule has 2 fully saturated rings. The number of rotatable bonds is 5. The maximum atomic E-state index is 14.2. The van der Waals surface area contributed by atoms with Gasteiger partial charge in [-0.2, -0.15) is 0 Å². The molecule has 0 spiro atoms. The molecule has 2 heteroatoms. The summed E-state index contributed by atoms with van der Waals surface area (Å²) in [5, 5.41) is 0. The van der Waals surface area contributed by atoms with Crippen LogP contribution < -0.4 is 4.74 Å². The topological polar surface area (TPSA) is 9.23 Å². The van der Waals surface area contributed by atoms with Crippen molar-refractivity contribution in [1.29, 1.82) is 0 Å². The number of hydrogen-bond acceptors (Lipinski definition) is 1. The molecular weight excluding hydrogens is 335 g/mol. The number of ether oxygens (including phenoxy) is 1. The van der Waals surface area contributed by atoms with E-state index >= 15 is 0 Å². The van der Waals surface area contributed by atoms with Gasteiger partial charge in [-0.1, -0.05) is 32.6 Å². The first-order valence-corrected chi connectivity index (χ1v) is 11.5. The zero-order valence-corrected chi connectivity index (χ0v) is 17.3. The van der Waals surface area contributed by atoms with Gasteiger partial charge < -0.3 is 4.74 Å². The zero-order chi connectivity index (χ0) is 18.8. The summed E-state index contributed by atoms with van der Waals surface area (Å²) in [4.78, 5) is 0. The highest BCUT2D eigenvalue weighted by Crippen LogP contribution is 2.49. The van der Waals surface area contributed by atoms with Crippen LogP contribution in [0.1, 0.15) is 82.3 Å². The SMILES string of the molecule is CCCCC1CCC2CC(C3CCc4cc(OC)c(F)cc4C3)CCC2C1. The second-order valence-corrected chi connectivity index (χ2v) is 9.67. The van der Waals surface area contributed by atoms with Crippen LogP contribution in [0.25, 0.3) is 0 Å². The van der Waals surface area contributed by atoms with Gasteiger partial charge >= 0.3 is 0 Å². The molecule has 0 aromatic heterocycles. The van der Waals surface area contributed by atoms with Crippen molar-refractivity contribution in [2.75, 3.05) is 7.11 Å². The summed E-state index contributed by atoms with van der Waals surface area (Å²) in [7, 11) is 1.56. The van der Waals surface area contributed by atoms with Crippen molar-refractivity contribution in [3.63, 3.8) is 0 Å². The van der Waals surface area contributed by atoms with Crippen LogP contribution in [0.3, 0.4) is 0 Å². The van der Waals surface area contributed by atoms with Gasteiger partial charge in [0.15, 0.2) is 11.6 Å². The minimum Gasteiger partial charge on any atom is -0.494 e. The number of unbranched alkanes of at least 4 members (excludes halogenated alkanes) is 1. The quantitative estimate of drug-likeness (QED) is 0.543. The third kappa shape index (κ3) is 4.20. The van der Waals surface area contributed by atoms with Crippen LogP contribution in [-0.4, -0.2) is 7.11 Å². The van der Waals surface area contributed by atoms with Crippen LogP contribution in [0, 0.1) is 35.4 Å². The van der Waals surface area contributed by atoms with E-state index in [2.05, 4.69) is 6.92 Å². The van der Waals surface area contributed by atoms with Gasteiger partial charge in [0.25, 0.3) is 0 Å². The Kier molecular flexibility index (Phi) is 6.09. The van der Waals surface area contributed by atoms with E-state index < -0.39 is 0 Å². The highest BCUT2D eigenvalue weighted by molar-refractivity contribution is 5.38. The average molecular weight is 373 g/mol. The molecule has 4 rings (SSSR count). The molecule has 0 heterocycles. The van der Waals surface area contributed by atoms with Crippen LogP contribution in [0.4, 0.5) is 4.39 Å². The van der Waals surface area contributed by atoms with Crippen molar-refractivity contribution in [2.45, 2.75) is 84.0 Å². The Morgan fingerprint density at radius 2 is 1.67 bits per heavy atom. The first kappa shape index (κ1) is 19.3. The second kappa shape index (κ2) is 8.53. The van der Waals surface area contributed by atoms with Crippen molar-refractivity contribution in [2.24, 2.45) is 29.6 Å². The summed E-state index contributed by atoms with van der Waals surface area (Å²) < 4.78 is 19.3. The maximum Gasteiger partial charge on any atom is 0.165 e. The Bertz CT molecular complexity index is 639. The Hall–Kier alpha value is -1.05. The molecule has 0 amide bonds. The lowest BCUT2D eigenvalue weighted by atomic mass is 9.61. The molecule has 1 aromatic rings. The first-order chi connectivity index (χ1) is 13.2. The lowest BCUT2D eigenvalue weighted by Crippen LogP contribution is -2.35. The average Bonchev–Trinajstić information content (AvgIpc) is 2.70. The lowest BCUT2D eigenvalue weighted by Gasteiger charge is -2.45. The van der Waals surface area contributed by atoms with Gasteiger partial charge in [-0.25, -0.2) is 4.39 Å². The number of fused-ring (bicyclic) bond motifs is 2. The predicted octanol–water partition coefficient (Wildman–Crippen LogP) is 6.96. The van der Waals surface area contributed by atoms with E-state index in [1.807, 2.05) is 6.07 Å². The normalized spacial score (nSPS) is 33.2. The van der Waals surface area contributed by atoms with E-state index in [4.69, 9.17) is 4.74 Å². The molecule has 5 unspecified atom stereocenters. The third-order valence-corrected chi connectivity index (χ3v) is 8.14. The fourth-order valence-electron chi connectivity index (χ4n) is 6.55. The summed E-state index contributed by atoms with van der Waals surface area (Å²) in [6.45, 7) is 2.32. The smallest absolute Gasteiger partial charge is 0.165 e. The summed E-state index contributed by atoms with van der Waals surface area (Å²) >= 11 is 0. The predicted molar refractivity (Wildman–Crippen MR) is 110 cm³/mol. The molecule has 3 aliphatic rings. The first-order valence-electron chi connectivity index (χ1n) is 11.5. The molecule has 3 aliphatic carbocycles. The molecule has 0 saturated heterocycles. The largest absolute Gasteiger partial charge is 0.494 e. The zero-order valence-electron chi connectivity index (χ0n) is 17.3. The maximum absolute atomic E-state index is 14.2. The molecule has 0 bridgehead atoms. The standard InChI is InChI=1S/C25H37FO/c1-3-4-5-17-6-7-19-13-20(9-8-18(19)12-17)21-10-11-22-16-25(27-2)24(26)15-23(22)14-21/h15-21H,3-14H2,1-2H3. The van der Waals surface area contributed by atoms with Crippen LogP contribution in [0.15, 0.2) is 12.1 Å². The Balaban J connectivity index is 1.36. The van der Waals surface area contributed by atoms with E-state index in [1.54, 1.807) is 13.2 Å².